The van der Waals surface area contributed by atoms with Crippen LogP contribution < -0.4 is 4.74 Å². The van der Waals surface area contributed by atoms with Crippen LogP contribution in [0.5, 0.6) is 5.75 Å². The molecule has 0 N–H and O–H groups in total. The van der Waals surface area contributed by atoms with Gasteiger partial charge in [-0.2, -0.15) is 5.10 Å². The van der Waals surface area contributed by atoms with Gasteiger partial charge in [-0.25, -0.2) is 19.0 Å². The minimum Gasteiger partial charge on any atom is -0.486 e. The van der Waals surface area contributed by atoms with Gasteiger partial charge in [-0.15, -0.1) is 0 Å². The highest BCUT2D eigenvalue weighted by Gasteiger charge is 2.28. The average Bonchev–Trinajstić information content (AvgIpc) is 3.40. The number of fused-ring (bicyclic) bond motifs is 1. The Kier molecular flexibility index (Phi) is 3.89. The van der Waals surface area contributed by atoms with Crippen LogP contribution in [-0.4, -0.2) is 24.3 Å². The molecule has 1 saturated carbocycles. The fraction of sp³-hybridized carbons (Fsp3) is 0.286. The fourth-order valence-electron chi connectivity index (χ4n) is 3.38. The lowest BCUT2D eigenvalue weighted by molar-refractivity contribution is 0.290. The van der Waals surface area contributed by atoms with Gasteiger partial charge in [-0.3, -0.25) is 0 Å². The lowest BCUT2D eigenvalue weighted by atomic mass is 10.2. The molecule has 2 aromatic heterocycles. The van der Waals surface area contributed by atoms with Crippen molar-refractivity contribution >= 4 is 11.0 Å². The van der Waals surface area contributed by atoms with E-state index in [1.807, 2.05) is 42.9 Å². The first-order valence-corrected chi connectivity index (χ1v) is 9.33. The molecule has 0 spiro atoms. The van der Waals surface area contributed by atoms with Crippen molar-refractivity contribution in [3.8, 4) is 17.1 Å². The summed E-state index contributed by atoms with van der Waals surface area (Å²) in [6.45, 7) is 0.355. The lowest BCUT2D eigenvalue weighted by Gasteiger charge is -2.08. The fourth-order valence-corrected chi connectivity index (χ4v) is 3.38. The Labute approximate surface area is 161 Å². The van der Waals surface area contributed by atoms with Gasteiger partial charge in [0.1, 0.15) is 24.0 Å². The number of ether oxygens (including phenoxy) is 1. The van der Waals surface area contributed by atoms with Gasteiger partial charge in [0.25, 0.3) is 0 Å². The van der Waals surface area contributed by atoms with Crippen LogP contribution in [0.25, 0.3) is 22.4 Å². The minimum absolute atomic E-state index is 0.288. The highest BCUT2D eigenvalue weighted by atomic mass is 19.1. The molecule has 6 nitrogen and oxygen atoms in total. The van der Waals surface area contributed by atoms with Crippen LogP contribution in [0.4, 0.5) is 4.39 Å². The van der Waals surface area contributed by atoms with E-state index in [2.05, 4.69) is 15.1 Å². The van der Waals surface area contributed by atoms with E-state index < -0.39 is 0 Å². The molecular weight excluding hydrogens is 357 g/mol. The van der Waals surface area contributed by atoms with Gasteiger partial charge in [0.15, 0.2) is 11.6 Å². The van der Waals surface area contributed by atoms with Crippen LogP contribution in [0.1, 0.15) is 30.4 Å². The second-order valence-corrected chi connectivity index (χ2v) is 7.23. The van der Waals surface area contributed by atoms with Crippen molar-refractivity contribution in [2.75, 3.05) is 0 Å². The van der Waals surface area contributed by atoms with Gasteiger partial charge in [0.2, 0.25) is 0 Å². The van der Waals surface area contributed by atoms with Gasteiger partial charge in [-0.05, 0) is 37.1 Å². The molecule has 1 fully saturated rings. The Morgan fingerprint density at radius 3 is 2.79 bits per heavy atom. The summed E-state index contributed by atoms with van der Waals surface area (Å²) in [4.78, 5) is 9.18. The zero-order valence-electron chi connectivity index (χ0n) is 15.8. The van der Waals surface area contributed by atoms with Crippen molar-refractivity contribution < 1.29 is 9.13 Å². The number of halogens is 1. The van der Waals surface area contributed by atoms with E-state index in [-0.39, 0.29) is 5.82 Å². The van der Waals surface area contributed by atoms with Crippen molar-refractivity contribution in [2.24, 2.45) is 14.1 Å². The number of imidazole rings is 1. The average molecular weight is 377 g/mol. The molecule has 0 atom stereocenters. The molecule has 7 heteroatoms. The topological polar surface area (TPSA) is 57.8 Å². The van der Waals surface area contributed by atoms with Crippen molar-refractivity contribution in [3.63, 3.8) is 0 Å². The lowest BCUT2D eigenvalue weighted by Crippen LogP contribution is -2.04. The Bertz CT molecular complexity index is 1170. The Hall–Kier alpha value is -3.22. The first-order chi connectivity index (χ1) is 13.6. The number of benzene rings is 2. The largest absolute Gasteiger partial charge is 0.486 e. The molecule has 5 rings (SSSR count). The summed E-state index contributed by atoms with van der Waals surface area (Å²) in [7, 11) is 3.82. The molecule has 4 aromatic rings. The summed E-state index contributed by atoms with van der Waals surface area (Å²) in [5, 5.41) is 4.47. The third kappa shape index (κ3) is 3.02. The van der Waals surface area contributed by atoms with Crippen molar-refractivity contribution in [1.82, 2.24) is 24.3 Å². The highest BCUT2D eigenvalue weighted by Crippen LogP contribution is 2.38. The maximum Gasteiger partial charge on any atom is 0.164 e. The summed E-state index contributed by atoms with van der Waals surface area (Å²) < 4.78 is 23.2. The third-order valence-electron chi connectivity index (χ3n) is 5.12. The molecule has 0 bridgehead atoms. The molecule has 2 aromatic carbocycles. The molecule has 2 heterocycles. The highest BCUT2D eigenvalue weighted by molar-refractivity contribution is 5.80. The molecule has 0 unspecified atom stereocenters. The van der Waals surface area contributed by atoms with Gasteiger partial charge in [0.05, 0.1) is 11.0 Å². The zero-order valence-corrected chi connectivity index (χ0v) is 15.8. The van der Waals surface area contributed by atoms with E-state index in [0.29, 0.717) is 18.0 Å². The Balaban J connectivity index is 1.40. The van der Waals surface area contributed by atoms with Crippen molar-refractivity contribution in [2.45, 2.75) is 25.4 Å². The van der Waals surface area contributed by atoms with Crippen molar-refractivity contribution in [1.29, 1.82) is 0 Å². The van der Waals surface area contributed by atoms with E-state index in [4.69, 9.17) is 4.74 Å². The monoisotopic (exact) mass is 377 g/mol. The first-order valence-electron chi connectivity index (χ1n) is 9.33. The molecule has 0 radical (unpaired) electrons. The molecule has 1 aliphatic carbocycles. The predicted molar refractivity (Wildman–Crippen MR) is 103 cm³/mol. The van der Waals surface area contributed by atoms with Crippen LogP contribution in [0.15, 0.2) is 42.5 Å². The van der Waals surface area contributed by atoms with E-state index in [1.54, 1.807) is 10.7 Å². The normalized spacial score (nSPS) is 14.0. The van der Waals surface area contributed by atoms with Crippen LogP contribution in [0.2, 0.25) is 0 Å². The standard InChI is InChI=1S/C21H20FN5O/c1-26-18-9-8-15(22)11-17(18)23-21(26)14-4-3-5-16(10-14)28-12-19-24-20(13-6-7-13)25-27(19)2/h3-5,8-11,13H,6-7,12H2,1-2H3. The second kappa shape index (κ2) is 6.44. The molecule has 142 valence electrons. The number of hydrogen-bond donors (Lipinski definition) is 0. The molecule has 0 amide bonds. The summed E-state index contributed by atoms with van der Waals surface area (Å²) in [6, 6.07) is 12.4. The quantitative estimate of drug-likeness (QED) is 0.528. The third-order valence-corrected chi connectivity index (χ3v) is 5.12. The number of rotatable bonds is 5. The van der Waals surface area contributed by atoms with Crippen LogP contribution >= 0.6 is 0 Å². The van der Waals surface area contributed by atoms with E-state index in [0.717, 1.165) is 34.3 Å². The molecule has 0 saturated heterocycles. The first kappa shape index (κ1) is 16.9. The van der Waals surface area contributed by atoms with Crippen LogP contribution in [0, 0.1) is 5.82 Å². The molecule has 28 heavy (non-hydrogen) atoms. The zero-order chi connectivity index (χ0) is 19.3. The van der Waals surface area contributed by atoms with Gasteiger partial charge >= 0.3 is 0 Å². The van der Waals surface area contributed by atoms with E-state index in [9.17, 15) is 4.39 Å². The second-order valence-electron chi connectivity index (χ2n) is 7.23. The molecule has 0 aliphatic heterocycles. The van der Waals surface area contributed by atoms with Crippen LogP contribution in [-0.2, 0) is 20.7 Å². The molecule has 1 aliphatic rings. The number of nitrogens with zero attached hydrogens (tertiary/aromatic N) is 5. The number of hydrogen-bond acceptors (Lipinski definition) is 4. The van der Waals surface area contributed by atoms with Crippen LogP contribution in [0.3, 0.4) is 0 Å². The summed E-state index contributed by atoms with van der Waals surface area (Å²) in [6.07, 6.45) is 2.35. The van der Waals surface area contributed by atoms with E-state index in [1.165, 1.54) is 25.0 Å². The summed E-state index contributed by atoms with van der Waals surface area (Å²) >= 11 is 0. The van der Waals surface area contributed by atoms with Gasteiger partial charge in [-0.1, -0.05) is 12.1 Å². The SMILES string of the molecule is Cn1nc(C2CC2)nc1COc1cccc(-c2nc3cc(F)ccc3n2C)c1. The Morgan fingerprint density at radius 1 is 1.11 bits per heavy atom. The minimum atomic E-state index is -0.288. The van der Waals surface area contributed by atoms with Crippen molar-refractivity contribution in [3.05, 3.63) is 59.9 Å². The summed E-state index contributed by atoms with van der Waals surface area (Å²) in [5.41, 5.74) is 2.43. The van der Waals surface area contributed by atoms with Gasteiger partial charge in [0, 0.05) is 31.6 Å². The maximum absolute atomic E-state index is 13.5. The van der Waals surface area contributed by atoms with Gasteiger partial charge < -0.3 is 9.30 Å². The number of aromatic nitrogens is 5. The maximum atomic E-state index is 13.5. The van der Waals surface area contributed by atoms with E-state index >= 15 is 0 Å². The predicted octanol–water partition coefficient (Wildman–Crippen LogP) is 3.96. The Morgan fingerprint density at radius 2 is 1.96 bits per heavy atom. The summed E-state index contributed by atoms with van der Waals surface area (Å²) in [5.74, 6) is 3.45. The molecular formula is C21H20FN5O. The smallest absolute Gasteiger partial charge is 0.164 e. The number of aryl methyl sites for hydroxylation is 2.